The first kappa shape index (κ1) is 16.8. The first-order valence-corrected chi connectivity index (χ1v) is 8.50. The second-order valence-corrected chi connectivity index (χ2v) is 6.78. The van der Waals surface area contributed by atoms with E-state index in [9.17, 15) is 9.59 Å². The molecule has 1 aliphatic carbocycles. The van der Waals surface area contributed by atoms with Gasteiger partial charge in [-0.3, -0.25) is 4.79 Å². The number of fused-ring (bicyclic) bond motifs is 1. The average Bonchev–Trinajstić information content (AvgIpc) is 3.18. The number of carbonyl (C=O) groups excluding carboxylic acids is 2. The van der Waals surface area contributed by atoms with Crippen LogP contribution in [0.2, 0.25) is 0 Å². The Morgan fingerprint density at radius 2 is 1.83 bits per heavy atom. The van der Waals surface area contributed by atoms with E-state index in [1.165, 1.54) is 11.1 Å². The zero-order chi connectivity index (χ0) is 17.1. The number of likely N-dealkylation sites (N-methyl/N-ethyl adjacent to an activating group) is 1. The van der Waals surface area contributed by atoms with Crippen molar-refractivity contribution >= 4 is 11.9 Å². The van der Waals surface area contributed by atoms with Crippen molar-refractivity contribution in [3.8, 4) is 0 Å². The van der Waals surface area contributed by atoms with E-state index in [1.54, 1.807) is 19.0 Å². The van der Waals surface area contributed by atoms with Crippen molar-refractivity contribution in [1.82, 2.24) is 15.5 Å². The van der Waals surface area contributed by atoms with Crippen LogP contribution in [0.15, 0.2) is 24.3 Å². The molecular weight excluding hydrogens is 306 g/mol. The third-order valence-corrected chi connectivity index (χ3v) is 4.70. The van der Waals surface area contributed by atoms with Crippen molar-refractivity contribution in [1.29, 1.82) is 0 Å². The van der Waals surface area contributed by atoms with Gasteiger partial charge < -0.3 is 20.3 Å². The molecule has 1 fully saturated rings. The van der Waals surface area contributed by atoms with Gasteiger partial charge in [-0.05, 0) is 36.8 Å². The van der Waals surface area contributed by atoms with Gasteiger partial charge in [0.2, 0.25) is 0 Å². The van der Waals surface area contributed by atoms with Crippen molar-refractivity contribution in [2.24, 2.45) is 0 Å². The molecule has 6 nitrogen and oxygen atoms in total. The maximum atomic E-state index is 12.1. The number of nitrogens with zero attached hydrogens (tertiary/aromatic N) is 1. The normalized spacial score (nSPS) is 22.9. The number of rotatable bonds is 4. The molecule has 1 aromatic carbocycles. The molecule has 0 saturated carbocycles. The third kappa shape index (κ3) is 3.87. The average molecular weight is 331 g/mol. The van der Waals surface area contributed by atoms with Gasteiger partial charge in [0.05, 0.1) is 6.10 Å². The Labute approximate surface area is 142 Å². The highest BCUT2D eigenvalue weighted by Crippen LogP contribution is 2.22. The fraction of sp³-hybridized carbons (Fsp3) is 0.556. The fourth-order valence-electron chi connectivity index (χ4n) is 3.43. The molecule has 2 N–H and O–H groups in total. The molecule has 1 aromatic rings. The van der Waals surface area contributed by atoms with Gasteiger partial charge in [0.15, 0.2) is 0 Å². The number of amides is 3. The van der Waals surface area contributed by atoms with Crippen LogP contribution in [0.3, 0.4) is 0 Å². The Morgan fingerprint density at radius 3 is 2.46 bits per heavy atom. The Balaban J connectivity index is 1.39. The van der Waals surface area contributed by atoms with E-state index in [2.05, 4.69) is 22.8 Å². The molecule has 2 aliphatic rings. The minimum absolute atomic E-state index is 0.00864. The van der Waals surface area contributed by atoms with E-state index < -0.39 is 0 Å². The summed E-state index contributed by atoms with van der Waals surface area (Å²) in [5, 5.41) is 5.89. The van der Waals surface area contributed by atoms with Crippen LogP contribution in [0.25, 0.3) is 0 Å². The van der Waals surface area contributed by atoms with E-state index in [1.807, 2.05) is 12.1 Å². The van der Waals surface area contributed by atoms with E-state index in [0.717, 1.165) is 19.3 Å². The SMILES string of the molecule is CN(C)C(=O)C1CCC(CNC(=O)NC2Cc3ccccc3C2)O1. The van der Waals surface area contributed by atoms with Crippen LogP contribution < -0.4 is 10.6 Å². The number of ether oxygens (including phenoxy) is 1. The van der Waals surface area contributed by atoms with Gasteiger partial charge in [-0.1, -0.05) is 24.3 Å². The number of urea groups is 1. The van der Waals surface area contributed by atoms with Crippen molar-refractivity contribution in [3.05, 3.63) is 35.4 Å². The molecule has 0 bridgehead atoms. The first-order chi connectivity index (χ1) is 11.5. The molecule has 6 heteroatoms. The van der Waals surface area contributed by atoms with Gasteiger partial charge in [-0.25, -0.2) is 4.79 Å². The molecule has 0 spiro atoms. The summed E-state index contributed by atoms with van der Waals surface area (Å²) < 4.78 is 5.72. The van der Waals surface area contributed by atoms with Gasteiger partial charge in [-0.2, -0.15) is 0 Å². The predicted octanol–water partition coefficient (Wildman–Crippen LogP) is 1.09. The minimum Gasteiger partial charge on any atom is -0.363 e. The van der Waals surface area contributed by atoms with E-state index in [0.29, 0.717) is 13.0 Å². The van der Waals surface area contributed by atoms with Crippen LogP contribution in [0.1, 0.15) is 24.0 Å². The molecule has 2 unspecified atom stereocenters. The monoisotopic (exact) mass is 331 g/mol. The Morgan fingerprint density at radius 1 is 1.17 bits per heavy atom. The zero-order valence-corrected chi connectivity index (χ0v) is 14.2. The lowest BCUT2D eigenvalue weighted by Gasteiger charge is -2.18. The third-order valence-electron chi connectivity index (χ3n) is 4.70. The maximum Gasteiger partial charge on any atom is 0.315 e. The second-order valence-electron chi connectivity index (χ2n) is 6.78. The van der Waals surface area contributed by atoms with E-state index >= 15 is 0 Å². The summed E-state index contributed by atoms with van der Waals surface area (Å²) in [5.74, 6) is -0.00864. The lowest BCUT2D eigenvalue weighted by molar-refractivity contribution is -0.140. The molecular formula is C18H25N3O3. The minimum atomic E-state index is -0.376. The predicted molar refractivity (Wildman–Crippen MR) is 90.8 cm³/mol. The van der Waals surface area contributed by atoms with Crippen LogP contribution in [-0.4, -0.2) is 55.7 Å². The summed E-state index contributed by atoms with van der Waals surface area (Å²) in [5.41, 5.74) is 2.62. The van der Waals surface area contributed by atoms with Crippen molar-refractivity contribution in [2.45, 2.75) is 43.9 Å². The van der Waals surface area contributed by atoms with Crippen LogP contribution in [0.4, 0.5) is 4.79 Å². The molecule has 130 valence electrons. The molecule has 24 heavy (non-hydrogen) atoms. The van der Waals surface area contributed by atoms with Gasteiger partial charge >= 0.3 is 6.03 Å². The van der Waals surface area contributed by atoms with Crippen molar-refractivity contribution in [2.75, 3.05) is 20.6 Å². The summed E-state index contributed by atoms with van der Waals surface area (Å²) in [6.07, 6.45) is 2.79. The van der Waals surface area contributed by atoms with Gasteiger partial charge in [0.1, 0.15) is 6.10 Å². The highest BCUT2D eigenvalue weighted by molar-refractivity contribution is 5.80. The molecule has 1 aliphatic heterocycles. The zero-order valence-electron chi connectivity index (χ0n) is 14.2. The number of carbonyl (C=O) groups is 2. The topological polar surface area (TPSA) is 70.7 Å². The van der Waals surface area contributed by atoms with Crippen LogP contribution in [-0.2, 0) is 22.4 Å². The lowest BCUT2D eigenvalue weighted by Crippen LogP contribution is -2.45. The molecule has 0 aromatic heterocycles. The largest absolute Gasteiger partial charge is 0.363 e. The van der Waals surface area contributed by atoms with Gasteiger partial charge in [-0.15, -0.1) is 0 Å². The van der Waals surface area contributed by atoms with Crippen molar-refractivity contribution < 1.29 is 14.3 Å². The standard InChI is InChI=1S/C18H25N3O3/c1-21(2)17(22)16-8-7-15(24-16)11-19-18(23)20-14-9-12-5-3-4-6-13(12)10-14/h3-6,14-16H,7-11H2,1-2H3,(H2,19,20,23). The van der Waals surface area contributed by atoms with E-state index in [4.69, 9.17) is 4.74 Å². The van der Waals surface area contributed by atoms with Gasteiger partial charge in [0.25, 0.3) is 5.91 Å². The summed E-state index contributed by atoms with van der Waals surface area (Å²) >= 11 is 0. The summed E-state index contributed by atoms with van der Waals surface area (Å²) in [4.78, 5) is 25.5. The molecule has 1 saturated heterocycles. The highest BCUT2D eigenvalue weighted by atomic mass is 16.5. The number of hydrogen-bond acceptors (Lipinski definition) is 3. The van der Waals surface area contributed by atoms with Crippen LogP contribution in [0.5, 0.6) is 0 Å². The molecule has 2 atom stereocenters. The Hall–Kier alpha value is -2.08. The highest BCUT2D eigenvalue weighted by Gasteiger charge is 2.32. The first-order valence-electron chi connectivity index (χ1n) is 8.50. The lowest BCUT2D eigenvalue weighted by atomic mass is 10.1. The number of hydrogen-bond donors (Lipinski definition) is 2. The van der Waals surface area contributed by atoms with Crippen molar-refractivity contribution in [3.63, 3.8) is 0 Å². The van der Waals surface area contributed by atoms with Crippen LogP contribution >= 0.6 is 0 Å². The molecule has 1 heterocycles. The maximum absolute atomic E-state index is 12.1. The molecule has 3 rings (SSSR count). The summed E-state index contributed by atoms with van der Waals surface area (Å²) in [6.45, 7) is 0.433. The Kier molecular flexibility index (Phi) is 5.04. The number of benzene rings is 1. The smallest absolute Gasteiger partial charge is 0.315 e. The summed E-state index contributed by atoms with van der Waals surface area (Å²) in [7, 11) is 3.45. The summed E-state index contributed by atoms with van der Waals surface area (Å²) in [6, 6.07) is 8.27. The molecule has 3 amide bonds. The van der Waals surface area contributed by atoms with E-state index in [-0.39, 0.29) is 30.2 Å². The quantitative estimate of drug-likeness (QED) is 0.868. The van der Waals surface area contributed by atoms with Crippen LogP contribution in [0, 0.1) is 0 Å². The van der Waals surface area contributed by atoms with Gasteiger partial charge in [0, 0.05) is 26.7 Å². The fourth-order valence-corrected chi connectivity index (χ4v) is 3.43. The Bertz CT molecular complexity index is 592. The number of nitrogens with one attached hydrogen (secondary N) is 2. The second kappa shape index (κ2) is 7.21. The molecule has 0 radical (unpaired) electrons.